The topological polar surface area (TPSA) is 49.4 Å². The van der Waals surface area contributed by atoms with E-state index in [9.17, 15) is 14.0 Å². The van der Waals surface area contributed by atoms with E-state index < -0.39 is 5.82 Å². The van der Waals surface area contributed by atoms with Gasteiger partial charge < -0.3 is 10.2 Å². The molecule has 5 heteroatoms. The highest BCUT2D eigenvalue weighted by Crippen LogP contribution is 2.18. The van der Waals surface area contributed by atoms with Gasteiger partial charge in [0, 0.05) is 25.7 Å². The van der Waals surface area contributed by atoms with Crippen LogP contribution in [0, 0.1) is 19.7 Å². The Morgan fingerprint density at radius 3 is 2.32 bits per heavy atom. The molecule has 2 amide bonds. The molecule has 25 heavy (non-hydrogen) atoms. The van der Waals surface area contributed by atoms with Crippen molar-refractivity contribution in [3.05, 3.63) is 65.0 Å². The summed E-state index contributed by atoms with van der Waals surface area (Å²) in [5.41, 5.74) is 3.32. The molecule has 132 valence electrons. The molecular weight excluding hydrogens is 319 g/mol. The molecule has 1 N–H and O–H groups in total. The summed E-state index contributed by atoms with van der Waals surface area (Å²) < 4.78 is 13.6. The molecule has 0 aliphatic heterocycles. The number of amides is 2. The van der Waals surface area contributed by atoms with E-state index in [2.05, 4.69) is 5.32 Å². The fourth-order valence-corrected chi connectivity index (χ4v) is 2.76. The van der Waals surface area contributed by atoms with Crippen LogP contribution in [0.25, 0.3) is 0 Å². The summed E-state index contributed by atoms with van der Waals surface area (Å²) in [5, 5.41) is 2.74. The molecule has 0 radical (unpaired) electrons. The molecular formula is C20H23FN2O2. The van der Waals surface area contributed by atoms with Gasteiger partial charge in [-0.15, -0.1) is 0 Å². The van der Waals surface area contributed by atoms with Gasteiger partial charge in [0.25, 0.3) is 0 Å². The third-order valence-electron chi connectivity index (χ3n) is 3.86. The molecule has 0 aromatic heterocycles. The maximum absolute atomic E-state index is 13.6. The van der Waals surface area contributed by atoms with Crippen molar-refractivity contribution in [2.45, 2.75) is 27.2 Å². The average Bonchev–Trinajstić information content (AvgIpc) is 2.52. The number of hydrogen-bond donors (Lipinski definition) is 1. The summed E-state index contributed by atoms with van der Waals surface area (Å²) >= 11 is 0. The summed E-state index contributed by atoms with van der Waals surface area (Å²) in [6, 6.07) is 12.1. The molecule has 0 fully saturated rings. The van der Waals surface area contributed by atoms with Crippen LogP contribution in [0.3, 0.4) is 0 Å². The number of nitrogens with zero attached hydrogens (tertiary/aromatic N) is 1. The zero-order valence-electron chi connectivity index (χ0n) is 14.8. The van der Waals surface area contributed by atoms with Crippen LogP contribution in [-0.4, -0.2) is 24.9 Å². The second kappa shape index (κ2) is 8.42. The Hall–Kier alpha value is -2.69. The maximum Gasteiger partial charge on any atom is 0.224 e. The first-order valence-corrected chi connectivity index (χ1v) is 8.23. The van der Waals surface area contributed by atoms with Crippen LogP contribution in [0.15, 0.2) is 42.5 Å². The minimum atomic E-state index is -0.391. The second-order valence-corrected chi connectivity index (χ2v) is 6.13. The first-order valence-electron chi connectivity index (χ1n) is 8.23. The SMILES string of the molecule is CC(=O)N(CCNC(=O)Cc1ccccc1F)c1cc(C)cc(C)c1. The van der Waals surface area contributed by atoms with E-state index in [1.165, 1.54) is 13.0 Å². The second-order valence-electron chi connectivity index (χ2n) is 6.13. The molecule has 2 aromatic carbocycles. The number of carbonyl (C=O) groups is 2. The molecule has 0 saturated carbocycles. The van der Waals surface area contributed by atoms with Crippen molar-refractivity contribution in [1.82, 2.24) is 5.32 Å². The Morgan fingerprint density at radius 1 is 1.08 bits per heavy atom. The van der Waals surface area contributed by atoms with Crippen molar-refractivity contribution in [2.24, 2.45) is 0 Å². The first-order chi connectivity index (χ1) is 11.9. The third kappa shape index (κ3) is 5.41. The molecule has 0 unspecified atom stereocenters. The van der Waals surface area contributed by atoms with Crippen molar-refractivity contribution in [1.29, 1.82) is 0 Å². The van der Waals surface area contributed by atoms with E-state index in [0.29, 0.717) is 18.7 Å². The van der Waals surface area contributed by atoms with Crippen molar-refractivity contribution < 1.29 is 14.0 Å². The molecule has 0 saturated heterocycles. The van der Waals surface area contributed by atoms with Gasteiger partial charge in [0.15, 0.2) is 0 Å². The van der Waals surface area contributed by atoms with E-state index in [1.807, 2.05) is 32.0 Å². The molecule has 2 rings (SSSR count). The highest BCUT2D eigenvalue weighted by atomic mass is 19.1. The van der Waals surface area contributed by atoms with Gasteiger partial charge >= 0.3 is 0 Å². The predicted octanol–water partition coefficient (Wildman–Crippen LogP) is 3.15. The summed E-state index contributed by atoms with van der Waals surface area (Å²) in [4.78, 5) is 25.5. The van der Waals surface area contributed by atoms with Crippen LogP contribution in [0.4, 0.5) is 10.1 Å². The number of rotatable bonds is 6. The Bertz CT molecular complexity index is 754. The van der Waals surface area contributed by atoms with Crippen LogP contribution in [0.5, 0.6) is 0 Å². The van der Waals surface area contributed by atoms with E-state index in [0.717, 1.165) is 16.8 Å². The maximum atomic E-state index is 13.6. The minimum absolute atomic E-state index is 0.0176. The van der Waals surface area contributed by atoms with Crippen LogP contribution in [0.1, 0.15) is 23.6 Å². The molecule has 0 spiro atoms. The van der Waals surface area contributed by atoms with E-state index in [1.54, 1.807) is 23.1 Å². The van der Waals surface area contributed by atoms with Gasteiger partial charge in [-0.2, -0.15) is 0 Å². The number of nitrogens with one attached hydrogen (secondary N) is 1. The number of aryl methyl sites for hydroxylation is 2. The zero-order chi connectivity index (χ0) is 18.4. The molecule has 0 bridgehead atoms. The van der Waals surface area contributed by atoms with Crippen LogP contribution >= 0.6 is 0 Å². The van der Waals surface area contributed by atoms with Crippen molar-refractivity contribution in [3.8, 4) is 0 Å². The van der Waals surface area contributed by atoms with Gasteiger partial charge in [0.05, 0.1) is 6.42 Å². The lowest BCUT2D eigenvalue weighted by molar-refractivity contribution is -0.121. The largest absolute Gasteiger partial charge is 0.354 e. The fourth-order valence-electron chi connectivity index (χ4n) is 2.76. The number of hydrogen-bond acceptors (Lipinski definition) is 2. The molecule has 0 aliphatic rings. The summed E-state index contributed by atoms with van der Waals surface area (Å²) in [7, 11) is 0. The Morgan fingerprint density at radius 2 is 1.72 bits per heavy atom. The Kier molecular flexibility index (Phi) is 6.28. The van der Waals surface area contributed by atoms with E-state index in [4.69, 9.17) is 0 Å². The molecule has 0 atom stereocenters. The van der Waals surface area contributed by atoms with Crippen molar-refractivity contribution in [3.63, 3.8) is 0 Å². The summed E-state index contributed by atoms with van der Waals surface area (Å²) in [6.07, 6.45) is -0.0176. The normalized spacial score (nSPS) is 10.4. The Labute approximate surface area is 147 Å². The van der Waals surface area contributed by atoms with Gasteiger partial charge in [0.1, 0.15) is 5.82 Å². The van der Waals surface area contributed by atoms with Crippen molar-refractivity contribution in [2.75, 3.05) is 18.0 Å². The van der Waals surface area contributed by atoms with E-state index in [-0.39, 0.29) is 18.2 Å². The lowest BCUT2D eigenvalue weighted by Crippen LogP contribution is -2.38. The van der Waals surface area contributed by atoms with Gasteiger partial charge in [-0.25, -0.2) is 4.39 Å². The first kappa shape index (κ1) is 18.6. The lowest BCUT2D eigenvalue weighted by Gasteiger charge is -2.22. The predicted molar refractivity (Wildman–Crippen MR) is 97.1 cm³/mol. The molecule has 4 nitrogen and oxygen atoms in total. The fraction of sp³-hybridized carbons (Fsp3) is 0.300. The molecule has 2 aromatic rings. The smallest absolute Gasteiger partial charge is 0.224 e. The van der Waals surface area contributed by atoms with Gasteiger partial charge in [-0.3, -0.25) is 9.59 Å². The molecule has 0 heterocycles. The highest BCUT2D eigenvalue weighted by molar-refractivity contribution is 5.91. The quantitative estimate of drug-likeness (QED) is 0.877. The molecule has 0 aliphatic carbocycles. The number of anilines is 1. The number of halogens is 1. The number of carbonyl (C=O) groups excluding carboxylic acids is 2. The number of benzene rings is 2. The third-order valence-corrected chi connectivity index (χ3v) is 3.86. The lowest BCUT2D eigenvalue weighted by atomic mass is 10.1. The van der Waals surface area contributed by atoms with Gasteiger partial charge in [-0.1, -0.05) is 24.3 Å². The van der Waals surface area contributed by atoms with Gasteiger partial charge in [0.2, 0.25) is 11.8 Å². The summed E-state index contributed by atoms with van der Waals surface area (Å²) in [5.74, 6) is -0.749. The van der Waals surface area contributed by atoms with Crippen LogP contribution in [0.2, 0.25) is 0 Å². The minimum Gasteiger partial charge on any atom is -0.354 e. The van der Waals surface area contributed by atoms with Crippen LogP contribution < -0.4 is 10.2 Å². The standard InChI is InChI=1S/C20H23FN2O2/c1-14-10-15(2)12-18(11-14)23(16(3)24)9-8-22-20(25)13-17-6-4-5-7-19(17)21/h4-7,10-12H,8-9,13H2,1-3H3,(H,22,25). The van der Waals surface area contributed by atoms with Gasteiger partial charge in [-0.05, 0) is 48.7 Å². The zero-order valence-corrected chi connectivity index (χ0v) is 14.8. The Balaban J connectivity index is 1.94. The highest BCUT2D eigenvalue weighted by Gasteiger charge is 2.13. The summed E-state index contributed by atoms with van der Waals surface area (Å²) in [6.45, 7) is 6.12. The van der Waals surface area contributed by atoms with Crippen molar-refractivity contribution >= 4 is 17.5 Å². The van der Waals surface area contributed by atoms with E-state index >= 15 is 0 Å². The van der Waals surface area contributed by atoms with Crippen LogP contribution in [-0.2, 0) is 16.0 Å². The average molecular weight is 342 g/mol. The monoisotopic (exact) mass is 342 g/mol.